The third-order valence-corrected chi connectivity index (χ3v) is 4.28. The third kappa shape index (κ3) is 5.92. The number of nitrogen functional groups attached to an aromatic ring is 1. The van der Waals surface area contributed by atoms with Gasteiger partial charge in [0.15, 0.2) is 0 Å². The smallest absolute Gasteiger partial charge is 0.255 e. The van der Waals surface area contributed by atoms with Crippen molar-refractivity contribution in [1.82, 2.24) is 10.2 Å². The van der Waals surface area contributed by atoms with E-state index in [9.17, 15) is 4.79 Å². The quantitative estimate of drug-likeness (QED) is 0.783. The zero-order chi connectivity index (χ0) is 15.4. The van der Waals surface area contributed by atoms with Crippen molar-refractivity contribution in [2.24, 2.45) is 5.92 Å². The average molecular weight is 385 g/mol. The molecule has 0 spiro atoms. The van der Waals surface area contributed by atoms with Gasteiger partial charge >= 0.3 is 0 Å². The molecule has 1 aromatic rings. The number of nitrogens with zero attached hydrogens (tertiary/aromatic N) is 1. The Kier molecular flexibility index (Phi) is 9.70. The van der Waals surface area contributed by atoms with Crippen LogP contribution in [-0.2, 0) is 0 Å². The monoisotopic (exact) mass is 383 g/mol. The van der Waals surface area contributed by atoms with Crippen molar-refractivity contribution in [3.05, 3.63) is 22.7 Å². The van der Waals surface area contributed by atoms with Gasteiger partial charge in [-0.25, -0.2) is 0 Å². The molecule has 1 heterocycles. The van der Waals surface area contributed by atoms with Crippen LogP contribution in [-0.4, -0.2) is 44.6 Å². The molecule has 1 amide bonds. The molecule has 0 radical (unpaired) electrons. The lowest BCUT2D eigenvalue weighted by Gasteiger charge is -2.29. The first kappa shape index (κ1) is 22.1. The number of carbonyl (C=O) groups excluding carboxylic acids is 1. The van der Waals surface area contributed by atoms with Crippen LogP contribution < -0.4 is 15.8 Å². The molecule has 1 fully saturated rings. The van der Waals surface area contributed by atoms with Crippen molar-refractivity contribution in [1.29, 1.82) is 0 Å². The summed E-state index contributed by atoms with van der Waals surface area (Å²) in [4.78, 5) is 14.6. The molecule has 1 aromatic carbocycles. The number of anilines is 1. The van der Waals surface area contributed by atoms with Crippen molar-refractivity contribution in [2.45, 2.75) is 12.8 Å². The van der Waals surface area contributed by atoms with Gasteiger partial charge in [0.1, 0.15) is 5.75 Å². The van der Waals surface area contributed by atoms with Crippen LogP contribution in [0.15, 0.2) is 12.1 Å². The van der Waals surface area contributed by atoms with Gasteiger partial charge in [-0.15, -0.1) is 24.8 Å². The molecule has 132 valence electrons. The van der Waals surface area contributed by atoms with Gasteiger partial charge in [-0.05, 0) is 45.0 Å². The van der Waals surface area contributed by atoms with Gasteiger partial charge in [-0.3, -0.25) is 4.79 Å². The van der Waals surface area contributed by atoms with E-state index in [1.807, 2.05) is 0 Å². The number of hydrogen-bond donors (Lipinski definition) is 2. The largest absolute Gasteiger partial charge is 0.496 e. The molecule has 3 N–H and O–H groups in total. The fourth-order valence-corrected chi connectivity index (χ4v) is 2.68. The molecule has 0 aromatic heterocycles. The SMILES string of the molecule is COc1cc(N)c(Cl)cc1C(=O)NCC1CCN(C)CC1.Cl.Cl. The molecule has 23 heavy (non-hydrogen) atoms. The molecule has 0 bridgehead atoms. The number of halogens is 3. The summed E-state index contributed by atoms with van der Waals surface area (Å²) >= 11 is 5.99. The van der Waals surface area contributed by atoms with Crippen LogP contribution in [0.25, 0.3) is 0 Å². The number of methoxy groups -OCH3 is 1. The lowest BCUT2D eigenvalue weighted by molar-refractivity contribution is 0.0936. The molecular weight excluding hydrogens is 361 g/mol. The summed E-state index contributed by atoms with van der Waals surface area (Å²) in [6.07, 6.45) is 2.22. The van der Waals surface area contributed by atoms with Gasteiger partial charge < -0.3 is 20.7 Å². The first-order chi connectivity index (χ1) is 10.0. The van der Waals surface area contributed by atoms with E-state index in [4.69, 9.17) is 22.1 Å². The van der Waals surface area contributed by atoms with Gasteiger partial charge in [-0.2, -0.15) is 0 Å². The Hall–Kier alpha value is -0.880. The summed E-state index contributed by atoms with van der Waals surface area (Å²) in [6.45, 7) is 2.84. The predicted molar refractivity (Wildman–Crippen MR) is 99.5 cm³/mol. The molecule has 0 aliphatic carbocycles. The Morgan fingerprint density at radius 1 is 1.39 bits per heavy atom. The number of hydrogen-bond acceptors (Lipinski definition) is 4. The highest BCUT2D eigenvalue weighted by Gasteiger charge is 2.19. The van der Waals surface area contributed by atoms with Gasteiger partial charge in [0.2, 0.25) is 0 Å². The number of carbonyl (C=O) groups is 1. The second-order valence-corrected chi connectivity index (χ2v) is 5.94. The first-order valence-corrected chi connectivity index (χ1v) is 7.48. The maximum Gasteiger partial charge on any atom is 0.255 e. The summed E-state index contributed by atoms with van der Waals surface area (Å²) in [5, 5.41) is 3.33. The standard InChI is InChI=1S/C15H22ClN3O2.2ClH/c1-19-5-3-10(4-6-19)9-18-15(20)11-7-12(16)13(17)8-14(11)21-2;;/h7-8,10H,3-6,9,17H2,1-2H3,(H,18,20);2*1H. The molecule has 0 atom stereocenters. The summed E-state index contributed by atoms with van der Waals surface area (Å²) in [5.74, 6) is 0.797. The van der Waals surface area contributed by atoms with Crippen LogP contribution in [0.3, 0.4) is 0 Å². The van der Waals surface area contributed by atoms with Crippen LogP contribution >= 0.6 is 36.4 Å². The summed E-state index contributed by atoms with van der Waals surface area (Å²) in [5.41, 5.74) is 6.54. The molecule has 5 nitrogen and oxygen atoms in total. The van der Waals surface area contributed by atoms with Crippen LogP contribution in [0.5, 0.6) is 5.75 Å². The van der Waals surface area contributed by atoms with Gasteiger partial charge in [-0.1, -0.05) is 11.6 Å². The zero-order valence-electron chi connectivity index (χ0n) is 13.3. The highest BCUT2D eigenvalue weighted by atomic mass is 35.5. The Morgan fingerprint density at radius 3 is 2.57 bits per heavy atom. The first-order valence-electron chi connectivity index (χ1n) is 7.11. The summed E-state index contributed by atoms with van der Waals surface area (Å²) in [6, 6.07) is 3.13. The molecule has 1 aliphatic heterocycles. The van der Waals surface area contributed by atoms with E-state index < -0.39 is 0 Å². The maximum absolute atomic E-state index is 12.3. The fourth-order valence-electron chi connectivity index (χ4n) is 2.51. The minimum Gasteiger partial charge on any atom is -0.496 e. The normalized spacial score (nSPS) is 15.3. The molecule has 0 unspecified atom stereocenters. The van der Waals surface area contributed by atoms with E-state index in [-0.39, 0.29) is 30.7 Å². The fraction of sp³-hybridized carbons (Fsp3) is 0.533. The average Bonchev–Trinajstić information content (AvgIpc) is 2.48. The van der Waals surface area contributed by atoms with Crippen LogP contribution in [0.2, 0.25) is 5.02 Å². The second-order valence-electron chi connectivity index (χ2n) is 5.53. The number of benzene rings is 1. The number of likely N-dealkylation sites (tertiary alicyclic amines) is 1. The van der Waals surface area contributed by atoms with Crippen molar-refractivity contribution in [2.75, 3.05) is 39.5 Å². The molecular formula is C15H24Cl3N3O2. The van der Waals surface area contributed by atoms with Crippen molar-refractivity contribution in [3.8, 4) is 5.75 Å². The number of nitrogens with two attached hydrogens (primary N) is 1. The van der Waals surface area contributed by atoms with Gasteiger partial charge in [0.05, 0.1) is 23.4 Å². The third-order valence-electron chi connectivity index (χ3n) is 3.95. The highest BCUT2D eigenvalue weighted by Crippen LogP contribution is 2.28. The van der Waals surface area contributed by atoms with Gasteiger partial charge in [0, 0.05) is 12.6 Å². The Labute approximate surface area is 154 Å². The number of nitrogens with one attached hydrogen (secondary N) is 1. The van der Waals surface area contributed by atoms with E-state index in [2.05, 4.69) is 17.3 Å². The molecule has 8 heteroatoms. The highest BCUT2D eigenvalue weighted by molar-refractivity contribution is 6.33. The second kappa shape index (κ2) is 10.1. The molecule has 1 aliphatic rings. The summed E-state index contributed by atoms with van der Waals surface area (Å²) in [7, 11) is 3.63. The van der Waals surface area contributed by atoms with Crippen LogP contribution in [0, 0.1) is 5.92 Å². The number of rotatable bonds is 4. The van der Waals surface area contributed by atoms with E-state index in [1.54, 1.807) is 12.1 Å². The van der Waals surface area contributed by atoms with Crippen LogP contribution in [0.1, 0.15) is 23.2 Å². The Bertz CT molecular complexity index is 521. The van der Waals surface area contributed by atoms with Crippen molar-refractivity contribution >= 4 is 48.0 Å². The van der Waals surface area contributed by atoms with E-state index in [1.165, 1.54) is 7.11 Å². The number of amides is 1. The maximum atomic E-state index is 12.3. The minimum atomic E-state index is -0.173. The van der Waals surface area contributed by atoms with Gasteiger partial charge in [0.25, 0.3) is 5.91 Å². The lowest BCUT2D eigenvalue weighted by Crippen LogP contribution is -2.37. The topological polar surface area (TPSA) is 67.6 Å². The Morgan fingerprint density at radius 2 is 2.00 bits per heavy atom. The van der Waals surface area contributed by atoms with Crippen LogP contribution in [0.4, 0.5) is 5.69 Å². The van der Waals surface area contributed by atoms with E-state index >= 15 is 0 Å². The molecule has 2 rings (SSSR count). The zero-order valence-corrected chi connectivity index (χ0v) is 15.7. The molecule has 1 saturated heterocycles. The molecule has 0 saturated carbocycles. The van der Waals surface area contributed by atoms with E-state index in [0.717, 1.165) is 25.9 Å². The van der Waals surface area contributed by atoms with Crippen molar-refractivity contribution < 1.29 is 9.53 Å². The van der Waals surface area contributed by atoms with E-state index in [0.29, 0.717) is 34.5 Å². The summed E-state index contributed by atoms with van der Waals surface area (Å²) < 4.78 is 5.20. The number of ether oxygens (including phenoxy) is 1. The Balaban J connectivity index is 0.00000242. The number of piperidine rings is 1. The lowest BCUT2D eigenvalue weighted by atomic mass is 9.97. The minimum absolute atomic E-state index is 0. The van der Waals surface area contributed by atoms with Crippen molar-refractivity contribution in [3.63, 3.8) is 0 Å². The predicted octanol–water partition coefficient (Wildman–Crippen LogP) is 2.85.